The van der Waals surface area contributed by atoms with Crippen molar-refractivity contribution < 1.29 is 0 Å². The standard InChI is InChI=1S/C15H9ClN4/c16-11-6-7-12-13(8-11)14(10-4-2-1-3-5-10)19-20-9-17-18-15(12)20/h1-9H. The van der Waals surface area contributed by atoms with Crippen LogP contribution in [0.15, 0.2) is 54.9 Å². The summed E-state index contributed by atoms with van der Waals surface area (Å²) in [6, 6.07) is 15.7. The summed E-state index contributed by atoms with van der Waals surface area (Å²) in [6.07, 6.45) is 1.61. The predicted molar refractivity (Wildman–Crippen MR) is 78.7 cm³/mol. The van der Waals surface area contributed by atoms with E-state index in [4.69, 9.17) is 11.6 Å². The number of aromatic nitrogens is 4. The normalized spacial score (nSPS) is 11.2. The average Bonchev–Trinajstić information content (AvgIpc) is 2.95. The molecule has 0 saturated heterocycles. The Bertz CT molecular complexity index is 915. The van der Waals surface area contributed by atoms with Crippen LogP contribution < -0.4 is 0 Å². The second-order valence-corrected chi connectivity index (χ2v) is 4.94. The molecule has 2 aromatic heterocycles. The van der Waals surface area contributed by atoms with E-state index in [1.54, 1.807) is 10.8 Å². The summed E-state index contributed by atoms with van der Waals surface area (Å²) < 4.78 is 1.69. The molecule has 5 heteroatoms. The molecule has 0 fully saturated rings. The molecule has 4 aromatic rings. The van der Waals surface area contributed by atoms with Crippen LogP contribution in [-0.4, -0.2) is 19.8 Å². The van der Waals surface area contributed by atoms with E-state index < -0.39 is 0 Å². The second kappa shape index (κ2) is 4.28. The molecule has 20 heavy (non-hydrogen) atoms. The van der Waals surface area contributed by atoms with Crippen molar-refractivity contribution in [2.45, 2.75) is 0 Å². The van der Waals surface area contributed by atoms with Crippen LogP contribution in [0.2, 0.25) is 5.02 Å². The van der Waals surface area contributed by atoms with Crippen molar-refractivity contribution in [3.63, 3.8) is 0 Å². The lowest BCUT2D eigenvalue weighted by atomic mass is 10.1. The van der Waals surface area contributed by atoms with Crippen molar-refractivity contribution in [1.82, 2.24) is 19.8 Å². The number of rotatable bonds is 1. The SMILES string of the molecule is Clc1ccc2c(c1)c(-c1ccccc1)nn1cnnc21. The molecule has 96 valence electrons. The van der Waals surface area contributed by atoms with Crippen molar-refractivity contribution in [3.05, 3.63) is 59.9 Å². The van der Waals surface area contributed by atoms with E-state index in [0.717, 1.165) is 27.7 Å². The first-order chi connectivity index (χ1) is 9.83. The number of hydrogen-bond acceptors (Lipinski definition) is 3. The second-order valence-electron chi connectivity index (χ2n) is 4.50. The summed E-state index contributed by atoms with van der Waals surface area (Å²) in [5.74, 6) is 0. The van der Waals surface area contributed by atoms with E-state index in [2.05, 4.69) is 15.3 Å². The van der Waals surface area contributed by atoms with Gasteiger partial charge >= 0.3 is 0 Å². The molecule has 0 atom stereocenters. The number of halogens is 1. The molecule has 0 aliphatic rings. The van der Waals surface area contributed by atoms with Crippen LogP contribution in [0.4, 0.5) is 0 Å². The maximum Gasteiger partial charge on any atom is 0.185 e. The molecule has 0 unspecified atom stereocenters. The van der Waals surface area contributed by atoms with E-state index in [1.807, 2.05) is 48.5 Å². The van der Waals surface area contributed by atoms with Gasteiger partial charge in [0.1, 0.15) is 6.33 Å². The zero-order chi connectivity index (χ0) is 13.5. The van der Waals surface area contributed by atoms with Crippen molar-refractivity contribution in [2.75, 3.05) is 0 Å². The topological polar surface area (TPSA) is 43.1 Å². The summed E-state index contributed by atoms with van der Waals surface area (Å²) in [7, 11) is 0. The molecule has 0 aliphatic heterocycles. The fourth-order valence-electron chi connectivity index (χ4n) is 2.36. The summed E-state index contributed by atoms with van der Waals surface area (Å²) in [4.78, 5) is 0. The summed E-state index contributed by atoms with van der Waals surface area (Å²) in [5.41, 5.74) is 2.64. The average molecular weight is 281 g/mol. The highest BCUT2D eigenvalue weighted by atomic mass is 35.5. The first-order valence-corrected chi connectivity index (χ1v) is 6.55. The Morgan fingerprint density at radius 2 is 1.80 bits per heavy atom. The fourth-order valence-corrected chi connectivity index (χ4v) is 2.53. The zero-order valence-corrected chi connectivity index (χ0v) is 11.1. The summed E-state index contributed by atoms with van der Waals surface area (Å²) >= 11 is 6.13. The summed E-state index contributed by atoms with van der Waals surface area (Å²) in [6.45, 7) is 0. The van der Waals surface area contributed by atoms with Crippen LogP contribution in [0.5, 0.6) is 0 Å². The Labute approximate surface area is 119 Å². The molecule has 0 N–H and O–H groups in total. The molecule has 2 heterocycles. The minimum absolute atomic E-state index is 0.681. The zero-order valence-electron chi connectivity index (χ0n) is 10.4. The van der Waals surface area contributed by atoms with E-state index >= 15 is 0 Å². The third kappa shape index (κ3) is 1.66. The lowest BCUT2D eigenvalue weighted by Gasteiger charge is -2.07. The Kier molecular flexibility index (Phi) is 2.44. The number of benzene rings is 2. The highest BCUT2D eigenvalue weighted by Gasteiger charge is 2.11. The number of nitrogens with zero attached hydrogens (tertiary/aromatic N) is 4. The van der Waals surface area contributed by atoms with Crippen LogP contribution >= 0.6 is 11.6 Å². The smallest absolute Gasteiger partial charge is 0.185 e. The molecular weight excluding hydrogens is 272 g/mol. The monoisotopic (exact) mass is 280 g/mol. The predicted octanol–water partition coefficient (Wildman–Crippen LogP) is 3.60. The van der Waals surface area contributed by atoms with Crippen molar-refractivity contribution in [2.24, 2.45) is 0 Å². The minimum atomic E-state index is 0.681. The lowest BCUT2D eigenvalue weighted by Crippen LogP contribution is -1.96. The first-order valence-electron chi connectivity index (χ1n) is 6.17. The van der Waals surface area contributed by atoms with Gasteiger partial charge in [-0.05, 0) is 18.2 Å². The van der Waals surface area contributed by atoms with Gasteiger partial charge in [-0.3, -0.25) is 0 Å². The molecule has 4 rings (SSSR count). The molecule has 4 nitrogen and oxygen atoms in total. The largest absolute Gasteiger partial charge is 0.199 e. The van der Waals surface area contributed by atoms with Gasteiger partial charge in [-0.15, -0.1) is 10.2 Å². The van der Waals surface area contributed by atoms with Crippen molar-refractivity contribution >= 4 is 28.0 Å². The van der Waals surface area contributed by atoms with E-state index in [1.165, 1.54) is 0 Å². The van der Waals surface area contributed by atoms with Crippen LogP contribution in [0.25, 0.3) is 27.7 Å². The summed E-state index contributed by atoms with van der Waals surface area (Å²) in [5, 5.41) is 15.3. The van der Waals surface area contributed by atoms with Gasteiger partial charge in [0.25, 0.3) is 0 Å². The quantitative estimate of drug-likeness (QED) is 0.535. The van der Waals surface area contributed by atoms with Gasteiger partial charge in [-0.25, -0.2) is 0 Å². The molecule has 0 amide bonds. The molecule has 0 aliphatic carbocycles. The van der Waals surface area contributed by atoms with Crippen LogP contribution in [-0.2, 0) is 0 Å². The van der Waals surface area contributed by atoms with Crippen LogP contribution in [0.3, 0.4) is 0 Å². The van der Waals surface area contributed by atoms with Crippen LogP contribution in [0, 0.1) is 0 Å². The first kappa shape index (κ1) is 11.4. The van der Waals surface area contributed by atoms with Gasteiger partial charge in [0, 0.05) is 21.4 Å². The van der Waals surface area contributed by atoms with E-state index in [0.29, 0.717) is 5.02 Å². The van der Waals surface area contributed by atoms with Crippen LogP contribution in [0.1, 0.15) is 0 Å². The molecular formula is C15H9ClN4. The Morgan fingerprint density at radius 1 is 0.950 bits per heavy atom. The maximum atomic E-state index is 6.13. The molecule has 0 bridgehead atoms. The minimum Gasteiger partial charge on any atom is -0.199 e. The van der Waals surface area contributed by atoms with Crippen molar-refractivity contribution in [3.8, 4) is 11.3 Å². The molecule has 0 radical (unpaired) electrons. The van der Waals surface area contributed by atoms with Gasteiger partial charge in [0.05, 0.1) is 5.69 Å². The Balaban J connectivity index is 2.19. The molecule has 0 spiro atoms. The van der Waals surface area contributed by atoms with E-state index in [-0.39, 0.29) is 0 Å². The molecule has 2 aromatic carbocycles. The lowest BCUT2D eigenvalue weighted by molar-refractivity contribution is 0.941. The van der Waals surface area contributed by atoms with Gasteiger partial charge in [0.2, 0.25) is 0 Å². The van der Waals surface area contributed by atoms with Gasteiger partial charge in [-0.2, -0.15) is 9.61 Å². The highest BCUT2D eigenvalue weighted by molar-refractivity contribution is 6.31. The Morgan fingerprint density at radius 3 is 2.65 bits per heavy atom. The number of fused-ring (bicyclic) bond motifs is 3. The third-order valence-corrected chi connectivity index (χ3v) is 3.50. The third-order valence-electron chi connectivity index (χ3n) is 3.26. The maximum absolute atomic E-state index is 6.13. The highest BCUT2D eigenvalue weighted by Crippen LogP contribution is 2.30. The van der Waals surface area contributed by atoms with Gasteiger partial charge in [-0.1, -0.05) is 41.9 Å². The van der Waals surface area contributed by atoms with Crippen molar-refractivity contribution in [1.29, 1.82) is 0 Å². The molecule has 0 saturated carbocycles. The van der Waals surface area contributed by atoms with Gasteiger partial charge < -0.3 is 0 Å². The fraction of sp³-hybridized carbons (Fsp3) is 0. The number of hydrogen-bond donors (Lipinski definition) is 0. The van der Waals surface area contributed by atoms with Gasteiger partial charge in [0.15, 0.2) is 5.65 Å². The Hall–Kier alpha value is -2.46. The van der Waals surface area contributed by atoms with E-state index in [9.17, 15) is 0 Å².